The van der Waals surface area contributed by atoms with Crippen LogP contribution in [0.3, 0.4) is 0 Å². The first-order valence-electron chi connectivity index (χ1n) is 10.4. The second-order valence-electron chi connectivity index (χ2n) is 7.32. The molecule has 35 heavy (non-hydrogen) atoms. The van der Waals surface area contributed by atoms with Crippen molar-refractivity contribution >= 4 is 29.4 Å². The molecular weight excluding hydrogens is 469 g/mol. The Morgan fingerprint density at radius 1 is 0.829 bits per heavy atom. The van der Waals surface area contributed by atoms with Crippen LogP contribution in [0.4, 0.5) is 13.2 Å². The maximum atomic E-state index is 13.0. The van der Waals surface area contributed by atoms with Gasteiger partial charge in [-0.3, -0.25) is 24.0 Å². The molecule has 12 heteroatoms. The summed E-state index contributed by atoms with van der Waals surface area (Å²) < 4.78 is 39.0. The Bertz CT molecular complexity index is 1090. The van der Waals surface area contributed by atoms with Crippen molar-refractivity contribution in [3.63, 3.8) is 0 Å². The van der Waals surface area contributed by atoms with E-state index >= 15 is 0 Å². The maximum Gasteiger partial charge on any atom is 0.417 e. The van der Waals surface area contributed by atoms with Crippen LogP contribution in [0, 0.1) is 0 Å². The standard InChI is InChI=1S/C23H23F3N4O5/c1-14(20(33)28-12-18(31)22(35)27-11-15-7-3-2-4-8-15)30-19(32)13-29-21(34)16-9-5-6-10-17(16)23(24,25)26/h2-10,14H,11-13H2,1H3,(H,27,35)(H,28,33)(H,29,34)(H,30,32)/t14-/m0/s1. The lowest BCUT2D eigenvalue weighted by Gasteiger charge is -2.15. The monoisotopic (exact) mass is 492 g/mol. The average Bonchev–Trinajstić information content (AvgIpc) is 2.84. The summed E-state index contributed by atoms with van der Waals surface area (Å²) in [6.45, 7) is 0.118. The zero-order valence-electron chi connectivity index (χ0n) is 18.6. The Morgan fingerprint density at radius 3 is 2.11 bits per heavy atom. The minimum absolute atomic E-state index is 0.130. The van der Waals surface area contributed by atoms with Gasteiger partial charge in [0.2, 0.25) is 17.6 Å². The van der Waals surface area contributed by atoms with Gasteiger partial charge in [-0.25, -0.2) is 0 Å². The number of benzene rings is 2. The minimum Gasteiger partial charge on any atom is -0.347 e. The lowest BCUT2D eigenvalue weighted by molar-refractivity contribution is -0.138. The molecule has 1 atom stereocenters. The zero-order chi connectivity index (χ0) is 26.0. The van der Waals surface area contributed by atoms with E-state index in [0.717, 1.165) is 23.8 Å². The molecule has 2 aromatic carbocycles. The first-order chi connectivity index (χ1) is 16.5. The number of amides is 4. The highest BCUT2D eigenvalue weighted by Gasteiger charge is 2.34. The fourth-order valence-corrected chi connectivity index (χ4v) is 2.82. The van der Waals surface area contributed by atoms with Crippen LogP contribution >= 0.6 is 0 Å². The number of Topliss-reactive ketones (excluding diaryl/α,β-unsaturated/α-hetero) is 1. The van der Waals surface area contributed by atoms with E-state index in [2.05, 4.69) is 21.3 Å². The van der Waals surface area contributed by atoms with Gasteiger partial charge in [-0.05, 0) is 24.6 Å². The SMILES string of the molecule is C[C@H](NC(=O)CNC(=O)c1ccccc1C(F)(F)F)C(=O)NCC(=O)C(=O)NCc1ccccc1. The third kappa shape index (κ3) is 8.57. The molecule has 0 bridgehead atoms. The molecule has 186 valence electrons. The van der Waals surface area contributed by atoms with Crippen molar-refractivity contribution in [2.24, 2.45) is 0 Å². The highest BCUT2D eigenvalue weighted by molar-refractivity contribution is 6.37. The number of halogens is 3. The average molecular weight is 492 g/mol. The second-order valence-corrected chi connectivity index (χ2v) is 7.32. The van der Waals surface area contributed by atoms with E-state index in [1.807, 2.05) is 0 Å². The van der Waals surface area contributed by atoms with Crippen molar-refractivity contribution in [2.75, 3.05) is 13.1 Å². The Hall–Kier alpha value is -4.22. The highest BCUT2D eigenvalue weighted by Crippen LogP contribution is 2.31. The van der Waals surface area contributed by atoms with Crippen molar-refractivity contribution in [1.29, 1.82) is 0 Å². The van der Waals surface area contributed by atoms with Gasteiger partial charge in [-0.2, -0.15) is 13.2 Å². The topological polar surface area (TPSA) is 133 Å². The van der Waals surface area contributed by atoms with Crippen LogP contribution in [0.2, 0.25) is 0 Å². The van der Waals surface area contributed by atoms with Gasteiger partial charge in [-0.1, -0.05) is 42.5 Å². The third-order valence-electron chi connectivity index (χ3n) is 4.63. The Labute approximate surface area is 198 Å². The summed E-state index contributed by atoms with van der Waals surface area (Å²) in [6, 6.07) is 11.8. The van der Waals surface area contributed by atoms with Gasteiger partial charge >= 0.3 is 6.18 Å². The summed E-state index contributed by atoms with van der Waals surface area (Å²) in [5.41, 5.74) is -1.02. The van der Waals surface area contributed by atoms with Gasteiger partial charge in [0.05, 0.1) is 24.2 Å². The van der Waals surface area contributed by atoms with Gasteiger partial charge in [0, 0.05) is 6.54 Å². The summed E-state index contributed by atoms with van der Waals surface area (Å²) >= 11 is 0. The van der Waals surface area contributed by atoms with E-state index in [1.54, 1.807) is 30.3 Å². The molecule has 0 aliphatic carbocycles. The van der Waals surface area contributed by atoms with Crippen LogP contribution in [0.25, 0.3) is 0 Å². The normalized spacial score (nSPS) is 11.7. The van der Waals surface area contributed by atoms with E-state index in [9.17, 15) is 37.1 Å². The molecule has 0 aliphatic heterocycles. The van der Waals surface area contributed by atoms with Crippen molar-refractivity contribution in [3.8, 4) is 0 Å². The number of nitrogens with one attached hydrogen (secondary N) is 4. The minimum atomic E-state index is -4.75. The van der Waals surface area contributed by atoms with E-state index in [-0.39, 0.29) is 6.54 Å². The number of hydrogen-bond donors (Lipinski definition) is 4. The van der Waals surface area contributed by atoms with Gasteiger partial charge in [0.15, 0.2) is 0 Å². The number of ketones is 1. The van der Waals surface area contributed by atoms with Crippen LogP contribution < -0.4 is 21.3 Å². The fraction of sp³-hybridized carbons (Fsp3) is 0.261. The Morgan fingerprint density at radius 2 is 1.46 bits per heavy atom. The lowest BCUT2D eigenvalue weighted by atomic mass is 10.1. The quantitative estimate of drug-likeness (QED) is 0.367. The summed E-state index contributed by atoms with van der Waals surface area (Å²) in [7, 11) is 0. The van der Waals surface area contributed by atoms with Gasteiger partial charge in [0.25, 0.3) is 11.8 Å². The van der Waals surface area contributed by atoms with E-state index in [0.29, 0.717) is 0 Å². The zero-order valence-corrected chi connectivity index (χ0v) is 18.6. The highest BCUT2D eigenvalue weighted by atomic mass is 19.4. The molecule has 0 aromatic heterocycles. The molecule has 0 spiro atoms. The molecule has 2 rings (SSSR count). The Kier molecular flexibility index (Phi) is 9.50. The summed E-state index contributed by atoms with van der Waals surface area (Å²) in [5.74, 6) is -4.54. The summed E-state index contributed by atoms with van der Waals surface area (Å²) in [6.07, 6.45) is -4.75. The number of rotatable bonds is 10. The van der Waals surface area contributed by atoms with E-state index < -0.39 is 65.8 Å². The molecular formula is C23H23F3N4O5. The molecule has 0 unspecified atom stereocenters. The van der Waals surface area contributed by atoms with Gasteiger partial charge in [0.1, 0.15) is 6.04 Å². The molecule has 0 aliphatic rings. The summed E-state index contributed by atoms with van der Waals surface area (Å²) in [5, 5.41) is 8.91. The predicted molar refractivity (Wildman–Crippen MR) is 118 cm³/mol. The van der Waals surface area contributed by atoms with Gasteiger partial charge in [-0.15, -0.1) is 0 Å². The van der Waals surface area contributed by atoms with Crippen LogP contribution in [-0.4, -0.2) is 48.5 Å². The van der Waals surface area contributed by atoms with Crippen molar-refractivity contribution in [3.05, 3.63) is 71.3 Å². The lowest BCUT2D eigenvalue weighted by Crippen LogP contribution is -2.49. The number of hydrogen-bond acceptors (Lipinski definition) is 5. The number of carbonyl (C=O) groups excluding carboxylic acids is 5. The first-order valence-corrected chi connectivity index (χ1v) is 10.4. The molecule has 2 aromatic rings. The number of carbonyl (C=O) groups is 5. The molecule has 0 saturated heterocycles. The molecule has 0 radical (unpaired) electrons. The van der Waals surface area contributed by atoms with Crippen LogP contribution in [0.5, 0.6) is 0 Å². The predicted octanol–water partition coefficient (Wildman–Crippen LogP) is 0.942. The maximum absolute atomic E-state index is 13.0. The third-order valence-corrected chi connectivity index (χ3v) is 4.63. The van der Waals surface area contributed by atoms with Crippen LogP contribution in [-0.2, 0) is 31.9 Å². The van der Waals surface area contributed by atoms with Crippen LogP contribution in [0.1, 0.15) is 28.4 Å². The van der Waals surface area contributed by atoms with E-state index in [4.69, 9.17) is 0 Å². The molecule has 0 saturated carbocycles. The largest absolute Gasteiger partial charge is 0.417 e. The fourth-order valence-electron chi connectivity index (χ4n) is 2.82. The first kappa shape index (κ1) is 27.0. The molecule has 9 nitrogen and oxygen atoms in total. The van der Waals surface area contributed by atoms with Gasteiger partial charge < -0.3 is 21.3 Å². The van der Waals surface area contributed by atoms with Crippen molar-refractivity contribution in [2.45, 2.75) is 25.7 Å². The van der Waals surface area contributed by atoms with Crippen molar-refractivity contribution < 1.29 is 37.1 Å². The molecule has 4 N–H and O–H groups in total. The Balaban J connectivity index is 1.75. The van der Waals surface area contributed by atoms with Crippen LogP contribution in [0.15, 0.2) is 54.6 Å². The smallest absolute Gasteiger partial charge is 0.347 e. The van der Waals surface area contributed by atoms with Crippen molar-refractivity contribution in [1.82, 2.24) is 21.3 Å². The van der Waals surface area contributed by atoms with E-state index in [1.165, 1.54) is 13.0 Å². The number of alkyl halides is 3. The molecule has 0 heterocycles. The molecule has 4 amide bonds. The molecule has 0 fully saturated rings. The summed E-state index contributed by atoms with van der Waals surface area (Å²) in [4.78, 5) is 59.9. The second kappa shape index (κ2) is 12.3.